The van der Waals surface area contributed by atoms with Gasteiger partial charge in [0.15, 0.2) is 0 Å². The zero-order valence-corrected chi connectivity index (χ0v) is 32.4. The number of aromatic amines is 1. The van der Waals surface area contributed by atoms with Gasteiger partial charge in [-0.25, -0.2) is 28.7 Å². The second kappa shape index (κ2) is 16.6. The highest BCUT2D eigenvalue weighted by Gasteiger charge is 2.18. The zero-order valence-electron chi connectivity index (χ0n) is 30.6. The summed E-state index contributed by atoms with van der Waals surface area (Å²) in [6.45, 7) is 8.12. The highest BCUT2D eigenvalue weighted by atomic mass is 35.5. The smallest absolute Gasteiger partial charge is 0.142 e. The number of benzene rings is 2. The van der Waals surface area contributed by atoms with Gasteiger partial charge in [0.2, 0.25) is 0 Å². The number of nitrogens with two attached hydrogens (primary N) is 2. The Morgan fingerprint density at radius 1 is 0.636 bits per heavy atom. The molecule has 0 saturated carbocycles. The van der Waals surface area contributed by atoms with Crippen LogP contribution in [0.15, 0.2) is 122 Å². The zero-order chi connectivity index (χ0) is 37.8. The quantitative estimate of drug-likeness (QED) is 0.0982. The minimum absolute atomic E-state index is 0. The molecule has 0 bridgehead atoms. The third kappa shape index (κ3) is 9.06. The predicted molar refractivity (Wildman–Crippen MR) is 223 cm³/mol. The summed E-state index contributed by atoms with van der Waals surface area (Å²) >= 11 is 0. The first kappa shape index (κ1) is 38.8. The number of nitrogens with zero attached hydrogens (tertiary/aromatic N) is 5. The van der Waals surface area contributed by atoms with Crippen LogP contribution in [0.2, 0.25) is 25.7 Å². The van der Waals surface area contributed by atoms with Gasteiger partial charge in [0.1, 0.15) is 41.3 Å². The molecule has 9 nitrogen and oxygen atoms in total. The molecule has 13 heteroatoms. The first-order valence-corrected chi connectivity index (χ1v) is 21.2. The normalized spacial score (nSPS) is 11.3. The van der Waals surface area contributed by atoms with Crippen molar-refractivity contribution in [2.45, 2.75) is 32.4 Å². The molecule has 55 heavy (non-hydrogen) atoms. The number of pyridine rings is 4. The first-order chi connectivity index (χ1) is 26.0. The maximum Gasteiger partial charge on any atom is 0.142 e. The highest BCUT2D eigenvalue weighted by molar-refractivity contribution is 6.76. The fourth-order valence-electron chi connectivity index (χ4n) is 6.22. The molecule has 0 unspecified atom stereocenters. The molecular formula is C42H41ClF2N8OSi. The van der Waals surface area contributed by atoms with Gasteiger partial charge < -0.3 is 25.8 Å². The molecule has 0 aliphatic carbocycles. The lowest BCUT2D eigenvalue weighted by atomic mass is 10.0. The van der Waals surface area contributed by atoms with E-state index in [0.717, 1.165) is 72.9 Å². The van der Waals surface area contributed by atoms with E-state index in [-0.39, 0.29) is 24.0 Å². The van der Waals surface area contributed by atoms with Gasteiger partial charge >= 0.3 is 0 Å². The number of hydrogen-bond acceptors (Lipinski definition) is 7. The average molecular weight is 775 g/mol. The maximum absolute atomic E-state index is 13.5. The van der Waals surface area contributed by atoms with Crippen LogP contribution in [0.5, 0.6) is 0 Å². The Morgan fingerprint density at radius 2 is 1.18 bits per heavy atom. The highest BCUT2D eigenvalue weighted by Crippen LogP contribution is 2.35. The Labute approximate surface area is 324 Å². The number of aromatic nitrogens is 6. The van der Waals surface area contributed by atoms with Crippen LogP contribution in [0, 0.1) is 11.6 Å². The second-order valence-electron chi connectivity index (χ2n) is 14.2. The van der Waals surface area contributed by atoms with Gasteiger partial charge in [-0.15, -0.1) is 12.4 Å². The summed E-state index contributed by atoms with van der Waals surface area (Å²) in [7, 11) is -1.18. The number of fused-ring (bicyclic) bond motifs is 2. The largest absolute Gasteiger partial charge is 0.384 e. The lowest BCUT2D eigenvalue weighted by Gasteiger charge is -2.16. The molecule has 8 rings (SSSR count). The molecule has 6 heterocycles. The van der Waals surface area contributed by atoms with Gasteiger partial charge in [-0.3, -0.25) is 0 Å². The number of nitrogens with one attached hydrogen (secondary N) is 1. The van der Waals surface area contributed by atoms with Crippen LogP contribution in [0.1, 0.15) is 0 Å². The monoisotopic (exact) mass is 774 g/mol. The molecule has 0 radical (unpaired) electrons. The van der Waals surface area contributed by atoms with Crippen LogP contribution in [0.25, 0.3) is 66.8 Å². The predicted octanol–water partition coefficient (Wildman–Crippen LogP) is 10.2. The molecule has 5 N–H and O–H groups in total. The number of ether oxygens (including phenoxy) is 1. The Kier molecular flexibility index (Phi) is 11.7. The van der Waals surface area contributed by atoms with Crippen LogP contribution >= 0.6 is 12.4 Å². The molecule has 6 aromatic heterocycles. The fourth-order valence-corrected chi connectivity index (χ4v) is 6.98. The van der Waals surface area contributed by atoms with Gasteiger partial charge in [-0.1, -0.05) is 43.9 Å². The first-order valence-electron chi connectivity index (χ1n) is 17.5. The maximum atomic E-state index is 13.5. The van der Waals surface area contributed by atoms with E-state index in [1.807, 2.05) is 42.5 Å². The summed E-state index contributed by atoms with van der Waals surface area (Å²) < 4.78 is 34.7. The fraction of sp³-hybridized carbons (Fsp3) is 0.143. The summed E-state index contributed by atoms with van der Waals surface area (Å²) in [6.07, 6.45) is 6.89. The Hall–Kier alpha value is -5.95. The molecule has 280 valence electrons. The number of rotatable bonds is 9. The van der Waals surface area contributed by atoms with Crippen LogP contribution in [0.3, 0.4) is 0 Å². The van der Waals surface area contributed by atoms with Gasteiger partial charge in [-0.05, 0) is 101 Å². The van der Waals surface area contributed by atoms with Crippen molar-refractivity contribution in [3.63, 3.8) is 0 Å². The van der Waals surface area contributed by atoms with E-state index in [0.29, 0.717) is 25.0 Å². The van der Waals surface area contributed by atoms with Crippen molar-refractivity contribution in [2.75, 3.05) is 18.1 Å². The van der Waals surface area contributed by atoms with Crippen molar-refractivity contribution in [3.05, 3.63) is 133 Å². The molecule has 0 saturated heterocycles. The summed E-state index contributed by atoms with van der Waals surface area (Å²) in [5, 5.41) is 1.96. The minimum Gasteiger partial charge on any atom is -0.384 e. The van der Waals surface area contributed by atoms with Gasteiger partial charge in [0.25, 0.3) is 0 Å². The third-order valence-electron chi connectivity index (χ3n) is 9.02. The van der Waals surface area contributed by atoms with Crippen molar-refractivity contribution < 1.29 is 13.5 Å². The molecule has 0 aliphatic rings. The standard InChI is InChI=1S/C24H27FN4OSi.C18H13FN4.ClH/c1-31(2,3)13-12-30-16-29-22(18-8-10-27-23(26)14-18)15-21-20(9-11-28-24(21)29)17-4-6-19(25)7-5-17;19-13-3-1-11(2-4-13)14-6-8-22-18-15(14)10-16(23-18)12-5-7-21-17(20)9-12;/h4-11,14-15H,12-13,16H2,1-3H3,(H2,26,27);1-10H,(H2,20,21)(H,22,23);1H. The van der Waals surface area contributed by atoms with Crippen LogP contribution in [-0.2, 0) is 11.5 Å². The van der Waals surface area contributed by atoms with E-state index in [1.54, 1.807) is 49.1 Å². The van der Waals surface area contributed by atoms with E-state index in [9.17, 15) is 8.78 Å². The molecular weight excluding hydrogens is 734 g/mol. The van der Waals surface area contributed by atoms with Crippen molar-refractivity contribution in [1.82, 2.24) is 29.5 Å². The molecule has 2 aromatic carbocycles. The number of nitrogen functional groups attached to an aromatic ring is 2. The van der Waals surface area contributed by atoms with Gasteiger partial charge in [-0.2, -0.15) is 0 Å². The summed E-state index contributed by atoms with van der Waals surface area (Å²) in [4.78, 5) is 20.4. The van der Waals surface area contributed by atoms with E-state index in [2.05, 4.69) is 55.2 Å². The van der Waals surface area contributed by atoms with Crippen molar-refractivity contribution in [2.24, 2.45) is 0 Å². The van der Waals surface area contributed by atoms with Crippen LogP contribution < -0.4 is 11.5 Å². The lowest BCUT2D eigenvalue weighted by molar-refractivity contribution is 0.0909. The lowest BCUT2D eigenvalue weighted by Crippen LogP contribution is -2.22. The van der Waals surface area contributed by atoms with E-state index < -0.39 is 8.07 Å². The van der Waals surface area contributed by atoms with Gasteiger partial charge in [0.05, 0.1) is 5.69 Å². The Morgan fingerprint density at radius 3 is 1.78 bits per heavy atom. The topological polar surface area (TPSA) is 134 Å². The Bertz CT molecular complexity index is 2550. The SMILES string of the molecule is C[Si](C)(C)CCOCn1c(-c2ccnc(N)c2)cc2c(-c3ccc(F)cc3)ccnc21.Cl.Nc1cc(-c2cc3c(-c4ccc(F)cc4)ccnc3[nH]2)ccn1. The number of hydrogen-bond donors (Lipinski definition) is 3. The Balaban J connectivity index is 0.000000191. The summed E-state index contributed by atoms with van der Waals surface area (Å²) in [5.41, 5.74) is 20.9. The molecule has 0 amide bonds. The summed E-state index contributed by atoms with van der Waals surface area (Å²) in [6, 6.07) is 29.5. The van der Waals surface area contributed by atoms with Crippen molar-refractivity contribution >= 4 is 54.2 Å². The van der Waals surface area contributed by atoms with E-state index in [4.69, 9.17) is 16.2 Å². The number of H-pyrrole nitrogens is 1. The third-order valence-corrected chi connectivity index (χ3v) is 10.7. The second-order valence-corrected chi connectivity index (χ2v) is 19.8. The minimum atomic E-state index is -1.18. The molecule has 0 aliphatic heterocycles. The molecule has 0 atom stereocenters. The molecule has 0 spiro atoms. The van der Waals surface area contributed by atoms with Crippen LogP contribution in [-0.4, -0.2) is 44.2 Å². The average Bonchev–Trinajstić information content (AvgIpc) is 3.76. The van der Waals surface area contributed by atoms with Crippen molar-refractivity contribution in [1.29, 1.82) is 0 Å². The van der Waals surface area contributed by atoms with Gasteiger partial charge in [0, 0.05) is 67.1 Å². The van der Waals surface area contributed by atoms with Crippen molar-refractivity contribution in [3.8, 4) is 44.8 Å². The summed E-state index contributed by atoms with van der Waals surface area (Å²) in [5.74, 6) is 0.421. The van der Waals surface area contributed by atoms with Crippen LogP contribution in [0.4, 0.5) is 20.4 Å². The molecule has 8 aromatic rings. The van der Waals surface area contributed by atoms with E-state index >= 15 is 0 Å². The number of anilines is 2. The number of halogens is 3. The van der Waals surface area contributed by atoms with E-state index in [1.165, 1.54) is 24.3 Å². The molecule has 0 fully saturated rings.